The van der Waals surface area contributed by atoms with Gasteiger partial charge in [0.15, 0.2) is 0 Å². The van der Waals surface area contributed by atoms with Gasteiger partial charge in [-0.3, -0.25) is 0 Å². The smallest absolute Gasteiger partial charge is 0.377 e. The zero-order chi connectivity index (χ0) is 16.9. The van der Waals surface area contributed by atoms with Crippen molar-refractivity contribution >= 4 is 33.8 Å². The molecule has 0 bridgehead atoms. The van der Waals surface area contributed by atoms with Crippen LogP contribution in [-0.2, 0) is 26.6 Å². The normalized spacial score (nSPS) is 13.9. The second-order valence-electron chi connectivity index (χ2n) is 4.46. The molecule has 134 valence electrons. The minimum Gasteiger partial charge on any atom is -0.377 e. The fourth-order valence-corrected chi connectivity index (χ4v) is 44.9. The molecule has 0 N–H and O–H groups in total. The molecule has 22 heavy (non-hydrogen) atoms. The lowest BCUT2D eigenvalue weighted by Crippen LogP contribution is -2.63. The third-order valence-corrected chi connectivity index (χ3v) is 36.9. The molecule has 0 amide bonds. The summed E-state index contributed by atoms with van der Waals surface area (Å²) in [6.07, 6.45) is 0. The predicted octanol–water partition coefficient (Wildman–Crippen LogP) is 0.329. The first-order valence-electron chi connectivity index (χ1n) is 8.41. The maximum absolute atomic E-state index is 5.99. The van der Waals surface area contributed by atoms with Crippen molar-refractivity contribution in [2.24, 2.45) is 0 Å². The lowest BCUT2D eigenvalue weighted by Gasteiger charge is -2.33. The van der Waals surface area contributed by atoms with Crippen molar-refractivity contribution in [3.8, 4) is 0 Å². The molecule has 0 radical (unpaired) electrons. The maximum Gasteiger partial charge on any atom is 0.458 e. The zero-order valence-electron chi connectivity index (χ0n) is 15.1. The van der Waals surface area contributed by atoms with E-state index in [2.05, 4.69) is 0 Å². The Kier molecular flexibility index (Phi) is 13.3. The molecule has 0 aromatic carbocycles. The highest BCUT2D eigenvalue weighted by Gasteiger charge is 2.48. The van der Waals surface area contributed by atoms with Gasteiger partial charge in [-0.15, -0.1) is 0 Å². The number of hydrogen-bond donors (Lipinski definition) is 0. The van der Waals surface area contributed by atoms with E-state index >= 15 is 0 Å². The summed E-state index contributed by atoms with van der Waals surface area (Å²) < 4.78 is 35.9. The van der Waals surface area contributed by atoms with Crippen LogP contribution in [0.5, 0.6) is 0 Å². The molecule has 0 aliphatic rings. The van der Waals surface area contributed by atoms with Crippen molar-refractivity contribution in [3.63, 3.8) is 0 Å². The highest BCUT2D eigenvalue weighted by molar-refractivity contribution is 7.53. The van der Waals surface area contributed by atoms with Crippen LogP contribution in [-0.4, -0.2) is 73.4 Å². The molecule has 0 saturated carbocycles. The Hall–Kier alpha value is 0.628. The van der Waals surface area contributed by atoms with Gasteiger partial charge in [-0.25, -0.2) is 0 Å². The van der Waals surface area contributed by atoms with Gasteiger partial charge in [0.05, 0.1) is 0 Å². The summed E-state index contributed by atoms with van der Waals surface area (Å²) in [5, 5.41) is 0. The van der Waals surface area contributed by atoms with Crippen LogP contribution in [0.15, 0.2) is 0 Å². The van der Waals surface area contributed by atoms with Gasteiger partial charge in [-0.2, -0.15) is 0 Å². The van der Waals surface area contributed by atoms with E-state index < -0.39 is 33.8 Å². The standard InChI is InChI=1S/C12H34O6Si4/c1-7-13-21(14-8-2,15-9-3)19-20-22(16-10-4,17-11-5)18-12-6/h7-12,19-20H2,1-6H3. The van der Waals surface area contributed by atoms with Crippen molar-refractivity contribution < 1.29 is 26.6 Å². The molecule has 0 unspecified atom stereocenters. The van der Waals surface area contributed by atoms with Gasteiger partial charge >= 0.3 is 16.6 Å². The average Bonchev–Trinajstić information content (AvgIpc) is 2.47. The lowest BCUT2D eigenvalue weighted by molar-refractivity contribution is 0.0905. The van der Waals surface area contributed by atoms with Crippen molar-refractivity contribution in [1.82, 2.24) is 0 Å². The first-order chi connectivity index (χ1) is 10.6. The van der Waals surface area contributed by atoms with E-state index in [4.69, 9.17) is 26.6 Å². The van der Waals surface area contributed by atoms with Gasteiger partial charge < -0.3 is 26.6 Å². The third kappa shape index (κ3) is 7.94. The Morgan fingerprint density at radius 1 is 0.455 bits per heavy atom. The first-order valence-corrected chi connectivity index (χ1v) is 20.5. The molecule has 0 fully saturated rings. The number of rotatable bonds is 15. The van der Waals surface area contributed by atoms with E-state index in [9.17, 15) is 0 Å². The monoisotopic (exact) mass is 386 g/mol. The van der Waals surface area contributed by atoms with Crippen LogP contribution in [0.3, 0.4) is 0 Å². The summed E-state index contributed by atoms with van der Waals surface area (Å²) in [5.74, 6) is 0. The summed E-state index contributed by atoms with van der Waals surface area (Å²) in [6, 6.07) is 0. The van der Waals surface area contributed by atoms with Crippen LogP contribution < -0.4 is 0 Å². The molecule has 10 heteroatoms. The van der Waals surface area contributed by atoms with E-state index in [-0.39, 0.29) is 0 Å². The first kappa shape index (κ1) is 22.6. The van der Waals surface area contributed by atoms with Crippen LogP contribution in [0.2, 0.25) is 0 Å². The molecule has 0 heterocycles. The van der Waals surface area contributed by atoms with Gasteiger partial charge in [0.25, 0.3) is 0 Å². The van der Waals surface area contributed by atoms with Gasteiger partial charge in [-0.1, -0.05) is 0 Å². The maximum atomic E-state index is 5.99. The summed E-state index contributed by atoms with van der Waals surface area (Å²) in [7, 11) is -6.36. The number of hydrogen-bond acceptors (Lipinski definition) is 6. The molecule has 0 aromatic heterocycles. The molecule has 0 aliphatic carbocycles. The average molecular weight is 387 g/mol. The zero-order valence-corrected chi connectivity index (χ0v) is 19.9. The van der Waals surface area contributed by atoms with Gasteiger partial charge in [0.1, 0.15) is 17.1 Å². The Bertz CT molecular complexity index is 212. The quantitative estimate of drug-likeness (QED) is 0.378. The van der Waals surface area contributed by atoms with Crippen molar-refractivity contribution in [2.45, 2.75) is 41.5 Å². The Morgan fingerprint density at radius 3 is 0.773 bits per heavy atom. The molecular weight excluding hydrogens is 352 g/mol. The Balaban J connectivity index is 5.04. The molecule has 0 rings (SSSR count). The summed E-state index contributed by atoms with van der Waals surface area (Å²) in [6.45, 7) is 15.7. The van der Waals surface area contributed by atoms with Crippen LogP contribution in [0.25, 0.3) is 0 Å². The predicted molar refractivity (Wildman–Crippen MR) is 98.4 cm³/mol. The van der Waals surface area contributed by atoms with Crippen molar-refractivity contribution in [1.29, 1.82) is 0 Å². The van der Waals surface area contributed by atoms with Crippen molar-refractivity contribution in [3.05, 3.63) is 0 Å². The fourth-order valence-electron chi connectivity index (χ4n) is 2.31. The van der Waals surface area contributed by atoms with Crippen molar-refractivity contribution in [2.75, 3.05) is 39.6 Å². The molecular formula is C12H34O6Si4. The molecule has 0 aliphatic heterocycles. The van der Waals surface area contributed by atoms with E-state index in [0.717, 1.165) is 0 Å². The minimum atomic E-state index is -2.50. The molecule has 0 saturated heterocycles. The Labute approximate surface area is 141 Å². The SMILES string of the molecule is CCO[Si](OCC)(OCC)[SiH2][SiH2][Si](OCC)(OCC)OCC. The molecule has 0 atom stereocenters. The minimum absolute atomic E-state index is 0.625. The van der Waals surface area contributed by atoms with E-state index in [0.29, 0.717) is 39.6 Å². The van der Waals surface area contributed by atoms with Gasteiger partial charge in [0, 0.05) is 39.6 Å². The van der Waals surface area contributed by atoms with Crippen LogP contribution in [0.4, 0.5) is 0 Å². The van der Waals surface area contributed by atoms with Gasteiger partial charge in [-0.05, 0) is 41.5 Å². The van der Waals surface area contributed by atoms with Crippen LogP contribution in [0, 0.1) is 0 Å². The van der Waals surface area contributed by atoms with Crippen LogP contribution in [0.1, 0.15) is 41.5 Å². The van der Waals surface area contributed by atoms with Crippen LogP contribution >= 0.6 is 0 Å². The molecule has 6 nitrogen and oxygen atoms in total. The summed E-state index contributed by atoms with van der Waals surface area (Å²) in [5.41, 5.74) is 0. The van der Waals surface area contributed by atoms with E-state index in [1.165, 1.54) is 0 Å². The topological polar surface area (TPSA) is 55.4 Å². The second kappa shape index (κ2) is 13.0. The van der Waals surface area contributed by atoms with E-state index in [1.54, 1.807) is 0 Å². The highest BCUT2D eigenvalue weighted by Crippen LogP contribution is 2.13. The lowest BCUT2D eigenvalue weighted by atomic mass is 10.9. The second-order valence-corrected chi connectivity index (χ2v) is 27.1. The van der Waals surface area contributed by atoms with Gasteiger partial charge in [0.2, 0.25) is 0 Å². The molecule has 0 aromatic rings. The third-order valence-electron chi connectivity index (χ3n) is 2.92. The van der Waals surface area contributed by atoms with E-state index in [1.807, 2.05) is 41.5 Å². The fraction of sp³-hybridized carbons (Fsp3) is 1.00. The summed E-state index contributed by atoms with van der Waals surface area (Å²) in [4.78, 5) is 0. The Morgan fingerprint density at radius 2 is 0.636 bits per heavy atom. The molecule has 0 spiro atoms. The largest absolute Gasteiger partial charge is 0.458 e. The summed E-state index contributed by atoms with van der Waals surface area (Å²) >= 11 is 0. The highest BCUT2D eigenvalue weighted by atomic mass is 29.8.